The minimum Gasteiger partial charge on any atom is -0.317 e. The molecule has 0 aromatic carbocycles. The molecule has 0 aromatic heterocycles. The van der Waals surface area contributed by atoms with E-state index in [1.54, 1.807) is 0 Å². The van der Waals surface area contributed by atoms with Crippen LogP contribution in [0.15, 0.2) is 0 Å². The molecule has 1 N–H and O–H groups in total. The van der Waals surface area contributed by atoms with Crippen LogP contribution in [-0.4, -0.2) is 37.1 Å². The van der Waals surface area contributed by atoms with Gasteiger partial charge in [-0.25, -0.2) is 0 Å². The molecule has 0 amide bonds. The third kappa shape index (κ3) is 3.46. The summed E-state index contributed by atoms with van der Waals surface area (Å²) in [6.07, 6.45) is 8.49. The third-order valence-electron chi connectivity index (χ3n) is 4.19. The molecule has 0 radical (unpaired) electrons. The smallest absolute Gasteiger partial charge is 0.0108 e. The number of hydrogen-bond donors (Lipinski definition) is 1. The van der Waals surface area contributed by atoms with E-state index in [4.69, 9.17) is 0 Å². The van der Waals surface area contributed by atoms with Gasteiger partial charge in [0.15, 0.2) is 0 Å². The molecule has 1 heterocycles. The van der Waals surface area contributed by atoms with Crippen LogP contribution in [0.25, 0.3) is 0 Å². The molecule has 2 fully saturated rings. The van der Waals surface area contributed by atoms with Crippen LogP contribution in [0.4, 0.5) is 0 Å². The van der Waals surface area contributed by atoms with Gasteiger partial charge in [-0.2, -0.15) is 0 Å². The monoisotopic (exact) mass is 210 g/mol. The summed E-state index contributed by atoms with van der Waals surface area (Å²) in [6.45, 7) is 4.85. The van der Waals surface area contributed by atoms with Crippen LogP contribution in [0.3, 0.4) is 0 Å². The number of rotatable bonds is 4. The number of nitrogens with one attached hydrogen (secondary N) is 1. The van der Waals surface area contributed by atoms with Crippen LogP contribution < -0.4 is 5.32 Å². The average Bonchev–Trinajstić information content (AvgIpc) is 3.01. The summed E-state index contributed by atoms with van der Waals surface area (Å²) in [5.41, 5.74) is 0. The fraction of sp³-hybridized carbons (Fsp3) is 1.00. The minimum atomic E-state index is 0.792. The first kappa shape index (κ1) is 11.4. The Kier molecular flexibility index (Phi) is 4.04. The molecular weight excluding hydrogens is 184 g/mol. The Balaban J connectivity index is 1.78. The second kappa shape index (κ2) is 5.31. The highest BCUT2D eigenvalue weighted by Gasteiger charge is 2.27. The Morgan fingerprint density at radius 3 is 2.73 bits per heavy atom. The van der Waals surface area contributed by atoms with Gasteiger partial charge in [-0.3, -0.25) is 0 Å². The van der Waals surface area contributed by atoms with Crippen molar-refractivity contribution in [2.75, 3.05) is 20.1 Å². The van der Waals surface area contributed by atoms with Crippen LogP contribution in [0.1, 0.15) is 45.4 Å². The van der Waals surface area contributed by atoms with Crippen molar-refractivity contribution in [2.45, 2.75) is 57.5 Å². The molecule has 1 saturated carbocycles. The maximum absolute atomic E-state index is 3.50. The molecule has 0 spiro atoms. The lowest BCUT2D eigenvalue weighted by molar-refractivity contribution is 0.159. The van der Waals surface area contributed by atoms with Crippen LogP contribution in [0.2, 0.25) is 0 Å². The van der Waals surface area contributed by atoms with Gasteiger partial charge in [-0.15, -0.1) is 0 Å². The molecule has 88 valence electrons. The SMILES string of the molecule is CC(CC1CC1)N(C)C1CCCNCC1. The third-order valence-corrected chi connectivity index (χ3v) is 4.19. The lowest BCUT2D eigenvalue weighted by Crippen LogP contribution is -2.39. The highest BCUT2D eigenvalue weighted by atomic mass is 15.2. The molecule has 2 aliphatic rings. The molecule has 0 aromatic rings. The molecule has 1 saturated heterocycles. The minimum absolute atomic E-state index is 0.792. The molecule has 1 aliphatic carbocycles. The molecule has 2 heteroatoms. The highest BCUT2D eigenvalue weighted by Crippen LogP contribution is 2.35. The predicted octanol–water partition coefficient (Wildman–Crippen LogP) is 2.25. The Morgan fingerprint density at radius 1 is 1.20 bits per heavy atom. The molecule has 2 atom stereocenters. The summed E-state index contributed by atoms with van der Waals surface area (Å²) in [5, 5.41) is 3.50. The number of nitrogens with zero attached hydrogens (tertiary/aromatic N) is 1. The normalized spacial score (nSPS) is 30.2. The van der Waals surface area contributed by atoms with Crippen LogP contribution in [0.5, 0.6) is 0 Å². The second-order valence-electron chi connectivity index (χ2n) is 5.53. The van der Waals surface area contributed by atoms with E-state index in [-0.39, 0.29) is 0 Å². The van der Waals surface area contributed by atoms with E-state index < -0.39 is 0 Å². The van der Waals surface area contributed by atoms with Gasteiger partial charge in [0.2, 0.25) is 0 Å². The Bertz CT molecular complexity index is 181. The van der Waals surface area contributed by atoms with Crippen molar-refractivity contribution in [1.29, 1.82) is 0 Å². The van der Waals surface area contributed by atoms with E-state index in [1.807, 2.05) is 0 Å². The van der Waals surface area contributed by atoms with Gasteiger partial charge in [-0.1, -0.05) is 12.8 Å². The van der Waals surface area contributed by atoms with Gasteiger partial charge in [0.05, 0.1) is 0 Å². The van der Waals surface area contributed by atoms with Crippen molar-refractivity contribution < 1.29 is 0 Å². The van der Waals surface area contributed by atoms with Crippen molar-refractivity contribution in [3.63, 3.8) is 0 Å². The van der Waals surface area contributed by atoms with E-state index in [2.05, 4.69) is 24.2 Å². The van der Waals surface area contributed by atoms with Gasteiger partial charge in [0, 0.05) is 12.1 Å². The summed E-state index contributed by atoms with van der Waals surface area (Å²) in [7, 11) is 2.34. The zero-order valence-corrected chi connectivity index (χ0v) is 10.3. The molecular formula is C13H26N2. The fourth-order valence-corrected chi connectivity index (χ4v) is 2.77. The Morgan fingerprint density at radius 2 is 2.00 bits per heavy atom. The van der Waals surface area contributed by atoms with Crippen molar-refractivity contribution in [3.8, 4) is 0 Å². The molecule has 2 unspecified atom stereocenters. The van der Waals surface area contributed by atoms with Gasteiger partial charge < -0.3 is 10.2 Å². The lowest BCUT2D eigenvalue weighted by atomic mass is 10.0. The summed E-state index contributed by atoms with van der Waals surface area (Å²) in [5.74, 6) is 1.06. The standard InChI is InChI=1S/C13H26N2/c1-11(10-12-5-6-12)15(2)13-4-3-8-14-9-7-13/h11-14H,3-10H2,1-2H3. The lowest BCUT2D eigenvalue weighted by Gasteiger charge is -2.32. The maximum Gasteiger partial charge on any atom is 0.0108 e. The molecule has 2 nitrogen and oxygen atoms in total. The quantitative estimate of drug-likeness (QED) is 0.765. The van der Waals surface area contributed by atoms with E-state index in [9.17, 15) is 0 Å². The first-order chi connectivity index (χ1) is 7.27. The first-order valence-electron chi connectivity index (χ1n) is 6.70. The molecule has 2 rings (SSSR count). The predicted molar refractivity (Wildman–Crippen MR) is 65.1 cm³/mol. The van der Waals surface area contributed by atoms with Gasteiger partial charge in [0.25, 0.3) is 0 Å². The average molecular weight is 210 g/mol. The van der Waals surface area contributed by atoms with Crippen LogP contribution in [0, 0.1) is 5.92 Å². The zero-order chi connectivity index (χ0) is 10.7. The fourth-order valence-electron chi connectivity index (χ4n) is 2.77. The van der Waals surface area contributed by atoms with Crippen molar-refractivity contribution in [3.05, 3.63) is 0 Å². The van der Waals surface area contributed by atoms with E-state index >= 15 is 0 Å². The summed E-state index contributed by atoms with van der Waals surface area (Å²) in [6, 6.07) is 1.62. The van der Waals surface area contributed by atoms with E-state index in [1.165, 1.54) is 51.6 Å². The van der Waals surface area contributed by atoms with Crippen molar-refractivity contribution in [1.82, 2.24) is 10.2 Å². The van der Waals surface area contributed by atoms with Crippen LogP contribution in [-0.2, 0) is 0 Å². The number of hydrogen-bond acceptors (Lipinski definition) is 2. The Hall–Kier alpha value is -0.0800. The van der Waals surface area contributed by atoms with Crippen LogP contribution >= 0.6 is 0 Å². The van der Waals surface area contributed by atoms with Gasteiger partial charge >= 0.3 is 0 Å². The van der Waals surface area contributed by atoms with E-state index in [0.717, 1.165) is 18.0 Å². The molecule has 15 heavy (non-hydrogen) atoms. The highest BCUT2D eigenvalue weighted by molar-refractivity contribution is 4.82. The maximum atomic E-state index is 3.50. The van der Waals surface area contributed by atoms with Crippen molar-refractivity contribution in [2.24, 2.45) is 5.92 Å². The largest absolute Gasteiger partial charge is 0.317 e. The van der Waals surface area contributed by atoms with Gasteiger partial charge in [0.1, 0.15) is 0 Å². The summed E-state index contributed by atoms with van der Waals surface area (Å²) < 4.78 is 0. The molecule has 0 bridgehead atoms. The summed E-state index contributed by atoms with van der Waals surface area (Å²) >= 11 is 0. The van der Waals surface area contributed by atoms with Crippen molar-refractivity contribution >= 4 is 0 Å². The zero-order valence-electron chi connectivity index (χ0n) is 10.3. The second-order valence-corrected chi connectivity index (χ2v) is 5.53. The van der Waals surface area contributed by atoms with Gasteiger partial charge in [-0.05, 0) is 58.7 Å². The Labute approximate surface area is 94.4 Å². The summed E-state index contributed by atoms with van der Waals surface area (Å²) in [4.78, 5) is 2.64. The van der Waals surface area contributed by atoms with E-state index in [0.29, 0.717) is 0 Å². The first-order valence-corrected chi connectivity index (χ1v) is 6.70. The molecule has 1 aliphatic heterocycles. The topological polar surface area (TPSA) is 15.3 Å².